The summed E-state index contributed by atoms with van der Waals surface area (Å²) in [7, 11) is 1.82. The van der Waals surface area contributed by atoms with E-state index >= 15 is 0 Å². The Morgan fingerprint density at radius 3 is 2.75 bits per heavy atom. The van der Waals surface area contributed by atoms with Crippen molar-refractivity contribution >= 4 is 22.8 Å². The van der Waals surface area contributed by atoms with Crippen molar-refractivity contribution in [1.29, 1.82) is 0 Å². The van der Waals surface area contributed by atoms with Crippen molar-refractivity contribution in [3.63, 3.8) is 0 Å². The van der Waals surface area contributed by atoms with Crippen LogP contribution in [0, 0.1) is 23.5 Å². The molecule has 0 bridgehead atoms. The maximum absolute atomic E-state index is 14.3. The van der Waals surface area contributed by atoms with Crippen molar-refractivity contribution in [1.82, 2.24) is 30.5 Å². The summed E-state index contributed by atoms with van der Waals surface area (Å²) in [6.07, 6.45) is 1.47. The van der Waals surface area contributed by atoms with E-state index in [1.54, 1.807) is 9.58 Å². The quantitative estimate of drug-likeness (QED) is 0.547. The van der Waals surface area contributed by atoms with Crippen LogP contribution in [0.1, 0.15) is 30.9 Å². The number of aromatic nitrogens is 3. The largest absolute Gasteiger partial charge is 0.350 e. The highest BCUT2D eigenvalue weighted by Gasteiger charge is 2.42. The molecule has 10 heteroatoms. The number of amides is 2. The van der Waals surface area contributed by atoms with Gasteiger partial charge in [0.25, 0.3) is 0 Å². The number of rotatable bonds is 6. The smallest absolute Gasteiger partial charge is 0.243 e. The zero-order chi connectivity index (χ0) is 25.4. The Morgan fingerprint density at radius 1 is 1.17 bits per heavy atom. The molecule has 36 heavy (non-hydrogen) atoms. The van der Waals surface area contributed by atoms with E-state index in [1.165, 1.54) is 12.1 Å². The number of nitrogens with one attached hydrogen (secondary N) is 2. The highest BCUT2D eigenvalue weighted by atomic mass is 19.1. The second-order valence-corrected chi connectivity index (χ2v) is 10.1. The van der Waals surface area contributed by atoms with Crippen LogP contribution in [0.3, 0.4) is 0 Å². The predicted octanol–water partition coefficient (Wildman–Crippen LogP) is 2.32. The van der Waals surface area contributed by atoms with E-state index in [-0.39, 0.29) is 23.8 Å². The average Bonchev–Trinajstić information content (AvgIpc) is 3.57. The maximum atomic E-state index is 14.3. The van der Waals surface area contributed by atoms with Gasteiger partial charge in [-0.2, -0.15) is 0 Å². The normalized spacial score (nSPS) is 23.9. The van der Waals surface area contributed by atoms with E-state index in [1.807, 2.05) is 25.2 Å². The first-order chi connectivity index (χ1) is 17.3. The number of hydrogen-bond acceptors (Lipinski definition) is 5. The van der Waals surface area contributed by atoms with Gasteiger partial charge in [0, 0.05) is 26.2 Å². The van der Waals surface area contributed by atoms with E-state index in [9.17, 15) is 18.4 Å². The first-order valence-electron chi connectivity index (χ1n) is 12.3. The molecule has 8 nitrogen and oxygen atoms in total. The van der Waals surface area contributed by atoms with Crippen molar-refractivity contribution in [2.24, 2.45) is 18.9 Å². The van der Waals surface area contributed by atoms with Gasteiger partial charge < -0.3 is 15.5 Å². The SMILES string of the molecule is C[C@H]1CN[C@@H](C(=O)N2C[C@H](Cc3ccc(F)cc3F)C[C@H]2C(=O)NCc2ccc3c(c2)nnn3C)C1. The molecule has 0 spiro atoms. The van der Waals surface area contributed by atoms with Crippen LogP contribution in [0.5, 0.6) is 0 Å². The Morgan fingerprint density at radius 2 is 2.00 bits per heavy atom. The Hall–Kier alpha value is -3.40. The lowest BCUT2D eigenvalue weighted by Crippen LogP contribution is -2.51. The molecule has 190 valence electrons. The molecule has 1 aromatic heterocycles. The van der Waals surface area contributed by atoms with E-state index in [0.717, 1.165) is 35.6 Å². The topological polar surface area (TPSA) is 92.2 Å². The molecule has 2 fully saturated rings. The van der Waals surface area contributed by atoms with Gasteiger partial charge in [0.2, 0.25) is 11.8 Å². The lowest BCUT2D eigenvalue weighted by Gasteiger charge is -2.27. The molecule has 5 rings (SSSR count). The monoisotopic (exact) mass is 496 g/mol. The molecule has 0 aliphatic carbocycles. The number of aryl methyl sites for hydroxylation is 1. The van der Waals surface area contributed by atoms with Gasteiger partial charge in [-0.05, 0) is 67.0 Å². The van der Waals surface area contributed by atoms with Crippen LogP contribution in [0.25, 0.3) is 11.0 Å². The first kappa shape index (κ1) is 24.3. The van der Waals surface area contributed by atoms with Crippen molar-refractivity contribution in [2.45, 2.75) is 44.8 Å². The molecule has 2 saturated heterocycles. The van der Waals surface area contributed by atoms with Crippen molar-refractivity contribution < 1.29 is 18.4 Å². The molecule has 2 aliphatic heterocycles. The zero-order valence-corrected chi connectivity index (χ0v) is 20.4. The van der Waals surface area contributed by atoms with Crippen molar-refractivity contribution in [3.05, 3.63) is 59.2 Å². The van der Waals surface area contributed by atoms with Gasteiger partial charge in [0.1, 0.15) is 23.2 Å². The molecule has 0 saturated carbocycles. The fraction of sp³-hybridized carbons (Fsp3) is 0.462. The predicted molar refractivity (Wildman–Crippen MR) is 130 cm³/mol. The van der Waals surface area contributed by atoms with Crippen LogP contribution in [-0.4, -0.2) is 56.9 Å². The van der Waals surface area contributed by atoms with Crippen LogP contribution in [0.15, 0.2) is 36.4 Å². The summed E-state index contributed by atoms with van der Waals surface area (Å²) in [6.45, 7) is 3.49. The van der Waals surface area contributed by atoms with Crippen LogP contribution in [-0.2, 0) is 29.6 Å². The number of benzene rings is 2. The zero-order valence-electron chi connectivity index (χ0n) is 20.4. The molecule has 3 heterocycles. The maximum Gasteiger partial charge on any atom is 0.243 e. The summed E-state index contributed by atoms with van der Waals surface area (Å²) in [5, 5.41) is 14.3. The van der Waals surface area contributed by atoms with Crippen molar-refractivity contribution in [2.75, 3.05) is 13.1 Å². The third-order valence-electron chi connectivity index (χ3n) is 7.29. The number of nitrogens with zero attached hydrogens (tertiary/aromatic N) is 4. The van der Waals surface area contributed by atoms with E-state index in [2.05, 4.69) is 27.9 Å². The third kappa shape index (κ3) is 4.95. The number of halogens is 2. The Labute approximate surface area is 208 Å². The molecular formula is C26H30F2N6O2. The van der Waals surface area contributed by atoms with Crippen LogP contribution in [0.2, 0.25) is 0 Å². The molecule has 0 radical (unpaired) electrons. The molecule has 2 aromatic carbocycles. The summed E-state index contributed by atoms with van der Waals surface area (Å²) >= 11 is 0. The van der Waals surface area contributed by atoms with Gasteiger partial charge in [-0.25, -0.2) is 13.5 Å². The minimum atomic E-state index is -0.649. The van der Waals surface area contributed by atoms with Gasteiger partial charge >= 0.3 is 0 Å². The van der Waals surface area contributed by atoms with Crippen molar-refractivity contribution in [3.8, 4) is 0 Å². The third-order valence-corrected chi connectivity index (χ3v) is 7.29. The van der Waals surface area contributed by atoms with E-state index in [0.29, 0.717) is 37.4 Å². The minimum absolute atomic E-state index is 0.0949. The Balaban J connectivity index is 1.30. The molecule has 2 amide bonds. The first-order valence-corrected chi connectivity index (χ1v) is 12.3. The summed E-state index contributed by atoms with van der Waals surface area (Å²) in [4.78, 5) is 28.3. The molecule has 4 atom stereocenters. The van der Waals surface area contributed by atoms with E-state index in [4.69, 9.17) is 0 Å². The lowest BCUT2D eigenvalue weighted by atomic mass is 9.96. The summed E-state index contributed by atoms with van der Waals surface area (Å²) in [5.41, 5.74) is 2.90. The van der Waals surface area contributed by atoms with Gasteiger partial charge in [0.05, 0.1) is 11.6 Å². The van der Waals surface area contributed by atoms with Gasteiger partial charge in [-0.1, -0.05) is 24.3 Å². The number of carbonyl (C=O) groups excluding carboxylic acids is 2. The van der Waals surface area contributed by atoms with Crippen LogP contribution < -0.4 is 10.6 Å². The highest BCUT2D eigenvalue weighted by molar-refractivity contribution is 5.90. The van der Waals surface area contributed by atoms with Crippen LogP contribution in [0.4, 0.5) is 8.78 Å². The highest BCUT2D eigenvalue weighted by Crippen LogP contribution is 2.30. The molecular weight excluding hydrogens is 466 g/mol. The summed E-state index contributed by atoms with van der Waals surface area (Å²) in [6, 6.07) is 8.26. The number of likely N-dealkylation sites (tertiary alicyclic amines) is 1. The summed E-state index contributed by atoms with van der Waals surface area (Å²) in [5.74, 6) is -1.30. The second-order valence-electron chi connectivity index (χ2n) is 10.1. The fourth-order valence-electron chi connectivity index (χ4n) is 5.37. The molecule has 2 aliphatic rings. The minimum Gasteiger partial charge on any atom is -0.350 e. The average molecular weight is 497 g/mol. The number of hydrogen-bond donors (Lipinski definition) is 2. The summed E-state index contributed by atoms with van der Waals surface area (Å²) < 4.78 is 29.3. The molecule has 2 N–H and O–H groups in total. The van der Waals surface area contributed by atoms with Gasteiger partial charge in [0.15, 0.2) is 0 Å². The number of carbonyl (C=O) groups is 2. The van der Waals surface area contributed by atoms with Gasteiger partial charge in [-0.15, -0.1) is 5.10 Å². The lowest BCUT2D eigenvalue weighted by molar-refractivity contribution is -0.139. The molecule has 0 unspecified atom stereocenters. The second kappa shape index (κ2) is 9.93. The van der Waals surface area contributed by atoms with Crippen LogP contribution >= 0.6 is 0 Å². The van der Waals surface area contributed by atoms with Gasteiger partial charge in [-0.3, -0.25) is 9.59 Å². The number of fused-ring (bicyclic) bond motifs is 1. The standard InChI is InChI=1S/C26H30F2N6O2/c1-15-7-22(29-12-15)26(36)34-14-17(8-18-4-5-19(27)11-20(18)28)10-24(34)25(35)30-13-16-3-6-23-21(9-16)31-32-33(23)2/h3-6,9,11,15,17,22,24,29H,7-8,10,12-14H2,1-2H3,(H,30,35)/t15-,17-,22-,24+/m1/s1. The Kier molecular flexibility index (Phi) is 6.70. The fourth-order valence-corrected chi connectivity index (χ4v) is 5.37. The van der Waals surface area contributed by atoms with E-state index < -0.39 is 17.7 Å². The Bertz CT molecular complexity index is 1290. The molecule has 3 aromatic rings.